The number of amidine groups is 1. The van der Waals surface area contributed by atoms with Crippen LogP contribution >= 0.6 is 0 Å². The Balaban J connectivity index is 1.65. The molecule has 1 fully saturated rings. The van der Waals surface area contributed by atoms with Gasteiger partial charge in [-0.3, -0.25) is 19.8 Å². The van der Waals surface area contributed by atoms with Crippen LogP contribution in [0.2, 0.25) is 0 Å². The minimum atomic E-state index is -0.829. The highest BCUT2D eigenvalue weighted by Crippen LogP contribution is 2.34. The van der Waals surface area contributed by atoms with Gasteiger partial charge in [0.05, 0.1) is 0 Å². The fourth-order valence-corrected chi connectivity index (χ4v) is 2.51. The number of carbonyl (C=O) groups excluding carboxylic acids is 2. The molecule has 0 aliphatic heterocycles. The molecule has 6 N–H and O–H groups in total. The van der Waals surface area contributed by atoms with Gasteiger partial charge in [0, 0.05) is 36.6 Å². The number of carboxylic acids is 1. The predicted octanol–water partition coefficient (Wildman–Crippen LogP) is 1.06. The summed E-state index contributed by atoms with van der Waals surface area (Å²) in [5.41, 5.74) is 6.50. The summed E-state index contributed by atoms with van der Waals surface area (Å²) in [5, 5.41) is 21.4. The number of nitrogens with two attached hydrogens (primary N) is 1. The van der Waals surface area contributed by atoms with Gasteiger partial charge >= 0.3 is 5.97 Å². The molecule has 1 aromatic carbocycles. The van der Waals surface area contributed by atoms with E-state index >= 15 is 0 Å². The van der Waals surface area contributed by atoms with E-state index in [1.807, 2.05) is 0 Å². The number of anilines is 1. The third-order valence-electron chi connectivity index (χ3n) is 4.06. The van der Waals surface area contributed by atoms with E-state index in [0.29, 0.717) is 17.7 Å². The Labute approximate surface area is 145 Å². The van der Waals surface area contributed by atoms with Gasteiger partial charge < -0.3 is 21.5 Å². The highest BCUT2D eigenvalue weighted by atomic mass is 16.4. The topological polar surface area (TPSA) is 145 Å². The average Bonchev–Trinajstić information content (AvgIpc) is 3.29. The van der Waals surface area contributed by atoms with Crippen LogP contribution in [0, 0.1) is 11.3 Å². The van der Waals surface area contributed by atoms with Crippen molar-refractivity contribution in [2.75, 3.05) is 5.32 Å². The van der Waals surface area contributed by atoms with Crippen LogP contribution in [-0.2, 0) is 14.4 Å². The van der Waals surface area contributed by atoms with Crippen LogP contribution < -0.4 is 16.4 Å². The standard InChI is InChI=1S/C17H22N4O4/c18-17(19)10-1-4-12(5-2-10)20-14(22)6-7-15(23)21-13-9-11(13)3-8-16(24)25/h1-2,4-5,11,13H,3,6-9H2,(H3,18,19)(H,20,22)(H,21,23)(H,24,25). The minimum absolute atomic E-state index is 0.0361. The molecule has 1 aromatic rings. The van der Waals surface area contributed by atoms with E-state index in [-0.39, 0.29) is 48.9 Å². The van der Waals surface area contributed by atoms with Crippen molar-refractivity contribution in [3.8, 4) is 0 Å². The van der Waals surface area contributed by atoms with Crippen LogP contribution in [0.5, 0.6) is 0 Å². The molecule has 1 saturated carbocycles. The lowest BCUT2D eigenvalue weighted by molar-refractivity contribution is -0.137. The first kappa shape index (κ1) is 18.4. The summed E-state index contributed by atoms with van der Waals surface area (Å²) in [6.45, 7) is 0. The number of benzene rings is 1. The van der Waals surface area contributed by atoms with E-state index in [1.54, 1.807) is 24.3 Å². The first-order chi connectivity index (χ1) is 11.8. The summed E-state index contributed by atoms with van der Waals surface area (Å²) < 4.78 is 0. The summed E-state index contributed by atoms with van der Waals surface area (Å²) in [6.07, 6.45) is 1.62. The highest BCUT2D eigenvalue weighted by molar-refractivity contribution is 5.96. The molecule has 2 rings (SSSR count). The van der Waals surface area contributed by atoms with Crippen molar-refractivity contribution in [1.29, 1.82) is 5.41 Å². The molecule has 0 radical (unpaired) electrons. The van der Waals surface area contributed by atoms with Gasteiger partial charge in [-0.15, -0.1) is 0 Å². The third kappa shape index (κ3) is 6.25. The SMILES string of the molecule is N=C(N)c1ccc(NC(=O)CCC(=O)NC2CC2CCC(=O)O)cc1. The van der Waals surface area contributed by atoms with Gasteiger partial charge in [-0.25, -0.2) is 0 Å². The number of nitrogens with one attached hydrogen (secondary N) is 3. The second-order valence-corrected chi connectivity index (χ2v) is 6.14. The Kier molecular flexibility index (Phi) is 6.10. The van der Waals surface area contributed by atoms with Crippen LogP contribution in [0.25, 0.3) is 0 Å². The molecule has 1 aliphatic rings. The second-order valence-electron chi connectivity index (χ2n) is 6.14. The Hall–Kier alpha value is -2.90. The van der Waals surface area contributed by atoms with Gasteiger partial charge in [0.25, 0.3) is 0 Å². The maximum atomic E-state index is 11.9. The summed E-state index contributed by atoms with van der Waals surface area (Å²) in [6, 6.07) is 6.59. The van der Waals surface area contributed by atoms with Crippen molar-refractivity contribution in [1.82, 2.24) is 5.32 Å². The van der Waals surface area contributed by atoms with Crippen LogP contribution in [0.4, 0.5) is 5.69 Å². The number of hydrogen-bond acceptors (Lipinski definition) is 4. The van der Waals surface area contributed by atoms with Gasteiger partial charge in [-0.05, 0) is 43.0 Å². The van der Waals surface area contributed by atoms with Crippen LogP contribution in [0.15, 0.2) is 24.3 Å². The van der Waals surface area contributed by atoms with E-state index < -0.39 is 5.97 Å². The molecule has 0 bridgehead atoms. The van der Waals surface area contributed by atoms with Gasteiger partial charge in [0.15, 0.2) is 0 Å². The maximum absolute atomic E-state index is 11.9. The third-order valence-corrected chi connectivity index (χ3v) is 4.06. The molecule has 2 amide bonds. The Morgan fingerprint density at radius 3 is 2.36 bits per heavy atom. The number of carbonyl (C=O) groups is 3. The summed E-state index contributed by atoms with van der Waals surface area (Å²) in [7, 11) is 0. The zero-order valence-corrected chi connectivity index (χ0v) is 13.7. The van der Waals surface area contributed by atoms with Crippen molar-refractivity contribution in [3.05, 3.63) is 29.8 Å². The fourth-order valence-electron chi connectivity index (χ4n) is 2.51. The molecular formula is C17H22N4O4. The molecule has 1 aliphatic carbocycles. The molecule has 2 atom stereocenters. The van der Waals surface area contributed by atoms with Crippen LogP contribution in [-0.4, -0.2) is 34.8 Å². The molecule has 25 heavy (non-hydrogen) atoms. The fraction of sp³-hybridized carbons (Fsp3) is 0.412. The van der Waals surface area contributed by atoms with Gasteiger partial charge in [0.2, 0.25) is 11.8 Å². The van der Waals surface area contributed by atoms with Gasteiger partial charge in [-0.1, -0.05) is 0 Å². The molecule has 8 nitrogen and oxygen atoms in total. The number of rotatable bonds is 9. The van der Waals surface area contributed by atoms with E-state index in [4.69, 9.17) is 16.2 Å². The monoisotopic (exact) mass is 346 g/mol. The Morgan fingerprint density at radius 2 is 1.76 bits per heavy atom. The molecular weight excluding hydrogens is 324 g/mol. The normalized spacial score (nSPS) is 18.2. The van der Waals surface area contributed by atoms with E-state index in [9.17, 15) is 14.4 Å². The lowest BCUT2D eigenvalue weighted by Crippen LogP contribution is -2.28. The van der Waals surface area contributed by atoms with E-state index in [1.165, 1.54) is 0 Å². The van der Waals surface area contributed by atoms with Crippen LogP contribution in [0.1, 0.15) is 37.7 Å². The average molecular weight is 346 g/mol. The minimum Gasteiger partial charge on any atom is -0.481 e. The molecule has 2 unspecified atom stereocenters. The van der Waals surface area contributed by atoms with E-state index in [0.717, 1.165) is 6.42 Å². The molecule has 0 saturated heterocycles. The summed E-state index contributed by atoms with van der Waals surface area (Å²) in [4.78, 5) is 34.2. The van der Waals surface area contributed by atoms with Gasteiger partial charge in [0.1, 0.15) is 5.84 Å². The number of carboxylic acid groups (broad SMARTS) is 1. The smallest absolute Gasteiger partial charge is 0.303 e. The van der Waals surface area contributed by atoms with Crippen molar-refractivity contribution >= 4 is 29.3 Å². The number of hydrogen-bond donors (Lipinski definition) is 5. The largest absolute Gasteiger partial charge is 0.481 e. The molecule has 134 valence electrons. The lowest BCUT2D eigenvalue weighted by atomic mass is 10.2. The molecule has 0 heterocycles. The second kappa shape index (κ2) is 8.27. The molecule has 0 aromatic heterocycles. The summed E-state index contributed by atoms with van der Waals surface area (Å²) >= 11 is 0. The van der Waals surface area contributed by atoms with E-state index in [2.05, 4.69) is 10.6 Å². The summed E-state index contributed by atoms with van der Waals surface area (Å²) in [5.74, 6) is -1.12. The number of nitrogen functional groups attached to an aromatic ring is 1. The maximum Gasteiger partial charge on any atom is 0.303 e. The quantitative estimate of drug-likeness (QED) is 0.335. The van der Waals surface area contributed by atoms with Crippen molar-refractivity contribution in [2.45, 2.75) is 38.1 Å². The number of aliphatic carboxylic acids is 1. The number of amides is 2. The molecule has 8 heteroatoms. The van der Waals surface area contributed by atoms with Crippen molar-refractivity contribution in [3.63, 3.8) is 0 Å². The highest BCUT2D eigenvalue weighted by Gasteiger charge is 2.37. The predicted molar refractivity (Wildman–Crippen MR) is 92.2 cm³/mol. The van der Waals surface area contributed by atoms with Crippen molar-refractivity contribution in [2.24, 2.45) is 11.7 Å². The van der Waals surface area contributed by atoms with Crippen molar-refractivity contribution < 1.29 is 19.5 Å². The Morgan fingerprint density at radius 1 is 1.12 bits per heavy atom. The zero-order chi connectivity index (χ0) is 18.4. The van der Waals surface area contributed by atoms with Crippen LogP contribution in [0.3, 0.4) is 0 Å². The Bertz CT molecular complexity index is 672. The van der Waals surface area contributed by atoms with Gasteiger partial charge in [-0.2, -0.15) is 0 Å². The first-order valence-electron chi connectivity index (χ1n) is 8.10. The molecule has 0 spiro atoms. The lowest BCUT2D eigenvalue weighted by Gasteiger charge is -2.07. The zero-order valence-electron chi connectivity index (χ0n) is 13.7. The first-order valence-corrected chi connectivity index (χ1v) is 8.10.